The van der Waals surface area contributed by atoms with Gasteiger partial charge in [-0.25, -0.2) is 0 Å². The van der Waals surface area contributed by atoms with Crippen molar-refractivity contribution < 1.29 is 14.3 Å². The van der Waals surface area contributed by atoms with Crippen molar-refractivity contribution in [2.24, 2.45) is 0 Å². The van der Waals surface area contributed by atoms with Crippen molar-refractivity contribution in [1.29, 1.82) is 0 Å². The Kier molecular flexibility index (Phi) is 6.67. The summed E-state index contributed by atoms with van der Waals surface area (Å²) in [5.41, 5.74) is 6.43. The zero-order valence-electron chi connectivity index (χ0n) is 18.3. The summed E-state index contributed by atoms with van der Waals surface area (Å²) in [5.74, 6) is -0.543. The Morgan fingerprint density at radius 2 is 1.71 bits per heavy atom. The number of hydrogen-bond acceptors (Lipinski definition) is 4. The van der Waals surface area contributed by atoms with Gasteiger partial charge in [0.2, 0.25) is 0 Å². The van der Waals surface area contributed by atoms with Crippen molar-refractivity contribution >= 4 is 57.7 Å². The van der Waals surface area contributed by atoms with Crippen LogP contribution >= 0.6 is 34.8 Å². The predicted molar refractivity (Wildman–Crippen MR) is 137 cm³/mol. The summed E-state index contributed by atoms with van der Waals surface area (Å²) in [6.07, 6.45) is 3.42. The Labute approximate surface area is 216 Å². The number of aromatic nitrogens is 2. The van der Waals surface area contributed by atoms with Crippen molar-refractivity contribution in [1.82, 2.24) is 14.6 Å². The Hall–Kier alpha value is -3.10. The molecule has 4 aromatic rings. The largest absolute Gasteiger partial charge is 0.378 e. The first-order valence-corrected chi connectivity index (χ1v) is 11.9. The summed E-state index contributed by atoms with van der Waals surface area (Å²) in [6.45, 7) is 2.23. The Morgan fingerprint density at radius 3 is 2.51 bits per heavy atom. The molecule has 0 radical (unpaired) electrons. The van der Waals surface area contributed by atoms with Gasteiger partial charge < -0.3 is 9.64 Å². The van der Waals surface area contributed by atoms with E-state index in [1.165, 1.54) is 12.1 Å². The zero-order chi connectivity index (χ0) is 24.5. The fraction of sp³-hybridized carbons (Fsp3) is 0.160. The molecule has 10 heteroatoms. The number of benzene rings is 2. The van der Waals surface area contributed by atoms with E-state index in [2.05, 4.69) is 10.4 Å². The van der Waals surface area contributed by atoms with Crippen LogP contribution in [-0.2, 0) is 4.74 Å². The lowest BCUT2D eigenvalue weighted by molar-refractivity contribution is 0.0303. The molecule has 1 fully saturated rings. The highest BCUT2D eigenvalue weighted by Gasteiger charge is 2.20. The third kappa shape index (κ3) is 4.73. The molecule has 178 valence electrons. The van der Waals surface area contributed by atoms with Gasteiger partial charge >= 0.3 is 0 Å². The van der Waals surface area contributed by atoms with Crippen molar-refractivity contribution in [2.45, 2.75) is 0 Å². The van der Waals surface area contributed by atoms with E-state index in [-0.39, 0.29) is 26.5 Å². The zero-order valence-corrected chi connectivity index (χ0v) is 20.6. The van der Waals surface area contributed by atoms with Gasteiger partial charge in [0.1, 0.15) is 0 Å². The number of pyridine rings is 1. The first kappa shape index (κ1) is 23.6. The summed E-state index contributed by atoms with van der Waals surface area (Å²) in [7, 11) is 0. The number of ether oxygens (including phenoxy) is 1. The summed E-state index contributed by atoms with van der Waals surface area (Å²) >= 11 is 18.5. The van der Waals surface area contributed by atoms with Gasteiger partial charge in [-0.05, 0) is 42.0 Å². The minimum atomic E-state index is -0.511. The molecule has 0 atom stereocenters. The SMILES string of the molecule is O=C(Nn1ccc2ncc(-c3cccc(C(=O)N4CCOCC4)c3)cc21)c1c(Cl)ccc(Cl)c1Cl. The van der Waals surface area contributed by atoms with E-state index in [1.54, 1.807) is 34.1 Å². The Morgan fingerprint density at radius 1 is 0.943 bits per heavy atom. The average molecular weight is 530 g/mol. The number of carbonyl (C=O) groups is 2. The van der Waals surface area contributed by atoms with E-state index in [0.29, 0.717) is 42.9 Å². The van der Waals surface area contributed by atoms with Crippen LogP contribution < -0.4 is 5.43 Å². The normalized spacial score (nSPS) is 13.7. The maximum Gasteiger partial charge on any atom is 0.273 e. The Bertz CT molecular complexity index is 1450. The highest BCUT2D eigenvalue weighted by molar-refractivity contribution is 6.46. The fourth-order valence-corrected chi connectivity index (χ4v) is 4.65. The molecule has 0 spiro atoms. The molecule has 2 amide bonds. The van der Waals surface area contributed by atoms with Gasteiger partial charge in [-0.2, -0.15) is 0 Å². The molecular weight excluding hydrogens is 511 g/mol. The monoisotopic (exact) mass is 528 g/mol. The standard InChI is InChI=1S/C25H19Cl3N4O3/c26-18-4-5-19(27)23(28)22(18)24(33)30-32-7-6-20-21(32)13-17(14-29-20)15-2-1-3-16(12-15)25(34)31-8-10-35-11-9-31/h1-7,12-14H,8-11H2,(H,30,33). The second-order valence-electron chi connectivity index (χ2n) is 7.96. The van der Waals surface area contributed by atoms with Crippen LogP contribution in [0.5, 0.6) is 0 Å². The summed E-state index contributed by atoms with van der Waals surface area (Å²) in [6, 6.07) is 14.1. The molecular formula is C25H19Cl3N4O3. The van der Waals surface area contributed by atoms with E-state index in [9.17, 15) is 9.59 Å². The number of hydrogen-bond donors (Lipinski definition) is 1. The number of carbonyl (C=O) groups excluding carboxylic acids is 2. The molecule has 5 rings (SSSR count). The number of halogens is 3. The summed E-state index contributed by atoms with van der Waals surface area (Å²) in [5, 5.41) is 0.497. The molecule has 35 heavy (non-hydrogen) atoms. The smallest absolute Gasteiger partial charge is 0.273 e. The summed E-state index contributed by atoms with van der Waals surface area (Å²) < 4.78 is 6.89. The molecule has 0 aliphatic carbocycles. The van der Waals surface area contributed by atoms with Gasteiger partial charge in [0.25, 0.3) is 11.8 Å². The molecule has 2 aromatic heterocycles. The van der Waals surface area contributed by atoms with Crippen LogP contribution in [0.3, 0.4) is 0 Å². The molecule has 1 aliphatic heterocycles. The lowest BCUT2D eigenvalue weighted by atomic mass is 10.0. The van der Waals surface area contributed by atoms with Crippen LogP contribution in [0.25, 0.3) is 22.2 Å². The van der Waals surface area contributed by atoms with Crippen molar-refractivity contribution in [3.63, 3.8) is 0 Å². The van der Waals surface area contributed by atoms with Crippen LogP contribution in [0.1, 0.15) is 20.7 Å². The molecule has 2 aromatic carbocycles. The quantitative estimate of drug-likeness (QED) is 0.353. The van der Waals surface area contributed by atoms with Crippen LogP contribution in [0, 0.1) is 0 Å². The first-order valence-electron chi connectivity index (χ1n) is 10.8. The predicted octanol–water partition coefficient (Wildman–Crippen LogP) is 5.52. The topological polar surface area (TPSA) is 76.5 Å². The van der Waals surface area contributed by atoms with Gasteiger partial charge in [-0.1, -0.05) is 46.9 Å². The molecule has 3 heterocycles. The van der Waals surface area contributed by atoms with Crippen LogP contribution in [0.15, 0.2) is 60.9 Å². The maximum absolute atomic E-state index is 12.9. The molecule has 0 unspecified atom stereocenters. The Balaban J connectivity index is 1.45. The number of nitrogens with zero attached hydrogens (tertiary/aromatic N) is 3. The van der Waals surface area contributed by atoms with E-state index >= 15 is 0 Å². The lowest BCUT2D eigenvalue weighted by Gasteiger charge is -2.27. The van der Waals surface area contributed by atoms with Crippen molar-refractivity contribution in [2.75, 3.05) is 31.7 Å². The van der Waals surface area contributed by atoms with Crippen LogP contribution in [0.4, 0.5) is 0 Å². The number of amides is 2. The minimum absolute atomic E-state index is 0.0323. The highest BCUT2D eigenvalue weighted by Crippen LogP contribution is 2.32. The third-order valence-electron chi connectivity index (χ3n) is 5.77. The summed E-state index contributed by atoms with van der Waals surface area (Å²) in [4.78, 5) is 32.2. The maximum atomic E-state index is 12.9. The van der Waals surface area contributed by atoms with Crippen molar-refractivity contribution in [3.05, 3.63) is 87.1 Å². The molecule has 1 aliphatic rings. The second-order valence-corrected chi connectivity index (χ2v) is 9.15. The van der Waals surface area contributed by atoms with E-state index in [0.717, 1.165) is 11.1 Å². The van der Waals surface area contributed by atoms with E-state index in [4.69, 9.17) is 39.5 Å². The number of morpholine rings is 1. The number of rotatable bonds is 4. The fourth-order valence-electron chi connectivity index (χ4n) is 3.95. The lowest BCUT2D eigenvalue weighted by Crippen LogP contribution is -2.40. The van der Waals surface area contributed by atoms with Crippen molar-refractivity contribution in [3.8, 4) is 11.1 Å². The number of nitrogens with one attached hydrogen (secondary N) is 1. The molecule has 1 saturated heterocycles. The van der Waals surface area contributed by atoms with Gasteiger partial charge in [-0.15, -0.1) is 0 Å². The van der Waals surface area contributed by atoms with Crippen LogP contribution in [-0.4, -0.2) is 52.7 Å². The molecule has 0 saturated carbocycles. The van der Waals surface area contributed by atoms with Crippen LogP contribution in [0.2, 0.25) is 15.1 Å². The third-order valence-corrected chi connectivity index (χ3v) is 6.89. The van der Waals surface area contributed by atoms with Gasteiger partial charge in [-0.3, -0.25) is 24.7 Å². The first-order chi connectivity index (χ1) is 16.9. The van der Waals surface area contributed by atoms with E-state index in [1.807, 2.05) is 24.3 Å². The highest BCUT2D eigenvalue weighted by atomic mass is 35.5. The number of fused-ring (bicyclic) bond motifs is 1. The molecule has 0 bridgehead atoms. The average Bonchev–Trinajstić information content (AvgIpc) is 3.28. The molecule has 1 N–H and O–H groups in total. The van der Waals surface area contributed by atoms with Gasteiger partial charge in [0.15, 0.2) is 0 Å². The van der Waals surface area contributed by atoms with E-state index < -0.39 is 5.91 Å². The minimum Gasteiger partial charge on any atom is -0.378 e. The molecule has 7 nitrogen and oxygen atoms in total. The second kappa shape index (κ2) is 9.87. The van der Waals surface area contributed by atoms with Gasteiger partial charge in [0, 0.05) is 36.6 Å². The van der Waals surface area contributed by atoms with Gasteiger partial charge in [0.05, 0.1) is 44.9 Å².